The third-order valence-electron chi connectivity index (χ3n) is 4.86. The molecule has 0 bridgehead atoms. The highest BCUT2D eigenvalue weighted by atomic mass is 32.2. The molecule has 3 rings (SSSR count). The van der Waals surface area contributed by atoms with E-state index in [0.29, 0.717) is 25.2 Å². The van der Waals surface area contributed by atoms with Crippen molar-refractivity contribution < 1.29 is 8.42 Å². The molecule has 0 N–H and O–H groups in total. The molecule has 0 aromatic carbocycles. The monoisotopic (exact) mass is 365 g/mol. The molecule has 0 atom stereocenters. The van der Waals surface area contributed by atoms with Crippen LogP contribution in [-0.2, 0) is 23.6 Å². The zero-order chi connectivity index (χ0) is 18.2. The smallest absolute Gasteiger partial charge is 0.256 e. The minimum Gasteiger partial charge on any atom is -0.299 e. The van der Waals surface area contributed by atoms with Crippen molar-refractivity contribution in [3.8, 4) is 0 Å². The predicted molar refractivity (Wildman–Crippen MR) is 92.7 cm³/mol. The van der Waals surface area contributed by atoms with E-state index >= 15 is 0 Å². The third kappa shape index (κ3) is 3.52. The van der Waals surface area contributed by atoms with Gasteiger partial charge in [0.15, 0.2) is 0 Å². The summed E-state index contributed by atoms with van der Waals surface area (Å²) in [4.78, 5) is 16.8. The standard InChI is InChI=1S/C16H23N5O3S/c1-12-13(2)17-11-20(16(12)22)9-14-4-6-21(7-5-14)25(23,24)15-8-18-19(3)10-15/h8,10-11,14H,4-7,9H2,1-3H3. The number of hydrogen-bond acceptors (Lipinski definition) is 5. The van der Waals surface area contributed by atoms with Crippen molar-refractivity contribution in [2.75, 3.05) is 13.1 Å². The highest BCUT2D eigenvalue weighted by molar-refractivity contribution is 7.89. The summed E-state index contributed by atoms with van der Waals surface area (Å²) >= 11 is 0. The van der Waals surface area contributed by atoms with Gasteiger partial charge >= 0.3 is 0 Å². The lowest BCUT2D eigenvalue weighted by molar-refractivity contribution is 0.250. The molecule has 8 nitrogen and oxygen atoms in total. The Morgan fingerprint density at radius 3 is 2.52 bits per heavy atom. The zero-order valence-corrected chi connectivity index (χ0v) is 15.5. The van der Waals surface area contributed by atoms with Crippen LogP contribution in [0.1, 0.15) is 24.1 Å². The van der Waals surface area contributed by atoms with Gasteiger partial charge in [-0.25, -0.2) is 13.4 Å². The van der Waals surface area contributed by atoms with Gasteiger partial charge in [-0.1, -0.05) is 0 Å². The van der Waals surface area contributed by atoms with Crippen LogP contribution in [0.2, 0.25) is 0 Å². The van der Waals surface area contributed by atoms with Gasteiger partial charge in [-0.15, -0.1) is 0 Å². The number of aromatic nitrogens is 4. The molecule has 0 radical (unpaired) electrons. The largest absolute Gasteiger partial charge is 0.299 e. The van der Waals surface area contributed by atoms with Crippen molar-refractivity contribution in [2.45, 2.75) is 38.1 Å². The van der Waals surface area contributed by atoms with E-state index in [-0.39, 0.29) is 16.4 Å². The van der Waals surface area contributed by atoms with Crippen LogP contribution >= 0.6 is 0 Å². The molecule has 0 amide bonds. The Balaban J connectivity index is 1.66. The number of aryl methyl sites for hydroxylation is 2. The number of sulfonamides is 1. The first-order valence-electron chi connectivity index (χ1n) is 8.30. The van der Waals surface area contributed by atoms with E-state index < -0.39 is 10.0 Å². The van der Waals surface area contributed by atoms with Crippen LogP contribution in [0.3, 0.4) is 0 Å². The summed E-state index contributed by atoms with van der Waals surface area (Å²) in [6.07, 6.45) is 5.92. The molecule has 1 fully saturated rings. The minimum atomic E-state index is -3.49. The predicted octanol–water partition coefficient (Wildman–Crippen LogP) is 0.695. The first-order valence-corrected chi connectivity index (χ1v) is 9.74. The molecule has 0 saturated carbocycles. The highest BCUT2D eigenvalue weighted by Crippen LogP contribution is 2.24. The summed E-state index contributed by atoms with van der Waals surface area (Å²) in [7, 11) is -1.79. The van der Waals surface area contributed by atoms with Gasteiger partial charge in [0, 0.05) is 44.1 Å². The average molecular weight is 365 g/mol. The second-order valence-electron chi connectivity index (χ2n) is 6.61. The lowest BCUT2D eigenvalue weighted by Crippen LogP contribution is -2.40. The van der Waals surface area contributed by atoms with Crippen LogP contribution in [0.4, 0.5) is 0 Å². The lowest BCUT2D eigenvalue weighted by Gasteiger charge is -2.31. The minimum absolute atomic E-state index is 0.0158. The van der Waals surface area contributed by atoms with E-state index in [4.69, 9.17) is 0 Å². The van der Waals surface area contributed by atoms with Crippen molar-refractivity contribution in [1.29, 1.82) is 0 Å². The summed E-state index contributed by atoms with van der Waals surface area (Å²) in [6.45, 7) is 5.09. The summed E-state index contributed by atoms with van der Waals surface area (Å²) in [5.74, 6) is 0.266. The fourth-order valence-electron chi connectivity index (χ4n) is 3.10. The van der Waals surface area contributed by atoms with Crippen LogP contribution in [0.5, 0.6) is 0 Å². The van der Waals surface area contributed by atoms with E-state index in [1.54, 1.807) is 24.9 Å². The molecule has 2 aromatic rings. The van der Waals surface area contributed by atoms with E-state index in [2.05, 4.69) is 10.1 Å². The van der Waals surface area contributed by atoms with Crippen LogP contribution in [0.25, 0.3) is 0 Å². The van der Waals surface area contributed by atoms with Gasteiger partial charge in [-0.2, -0.15) is 9.40 Å². The van der Waals surface area contributed by atoms with Crippen molar-refractivity contribution in [3.63, 3.8) is 0 Å². The Labute approximate surface area is 147 Å². The Kier molecular flexibility index (Phi) is 4.79. The lowest BCUT2D eigenvalue weighted by atomic mass is 9.98. The maximum atomic E-state index is 12.6. The molecule has 2 aromatic heterocycles. The highest BCUT2D eigenvalue weighted by Gasteiger charge is 2.30. The summed E-state index contributed by atoms with van der Waals surface area (Å²) in [6, 6.07) is 0. The average Bonchev–Trinajstić information content (AvgIpc) is 3.03. The summed E-state index contributed by atoms with van der Waals surface area (Å²) in [5, 5.41) is 3.94. The second-order valence-corrected chi connectivity index (χ2v) is 8.55. The molecule has 3 heterocycles. The molecule has 1 saturated heterocycles. The molecule has 0 spiro atoms. The van der Waals surface area contributed by atoms with Crippen LogP contribution < -0.4 is 5.56 Å². The van der Waals surface area contributed by atoms with Gasteiger partial charge in [-0.05, 0) is 32.6 Å². The summed E-state index contributed by atoms with van der Waals surface area (Å²) in [5.41, 5.74) is 1.40. The number of rotatable bonds is 4. The molecule has 0 aliphatic carbocycles. The maximum absolute atomic E-state index is 12.6. The topological polar surface area (TPSA) is 90.1 Å². The molecule has 9 heteroatoms. The SMILES string of the molecule is Cc1ncn(CC2CCN(S(=O)(=O)c3cnn(C)c3)CC2)c(=O)c1C. The second kappa shape index (κ2) is 6.72. The third-order valence-corrected chi connectivity index (χ3v) is 6.71. The Morgan fingerprint density at radius 1 is 1.24 bits per heavy atom. The van der Waals surface area contributed by atoms with Gasteiger partial charge in [0.05, 0.1) is 12.5 Å². The molecule has 1 aliphatic heterocycles. The normalized spacial score (nSPS) is 17.1. The molecule has 25 heavy (non-hydrogen) atoms. The number of nitrogens with zero attached hydrogens (tertiary/aromatic N) is 5. The van der Waals surface area contributed by atoms with E-state index in [1.165, 1.54) is 21.4 Å². The Hall–Kier alpha value is -2.00. The fourth-order valence-corrected chi connectivity index (χ4v) is 4.55. The quantitative estimate of drug-likeness (QED) is 0.795. The first kappa shape index (κ1) is 17.8. The van der Waals surface area contributed by atoms with Crippen molar-refractivity contribution in [1.82, 2.24) is 23.6 Å². The van der Waals surface area contributed by atoms with E-state index in [9.17, 15) is 13.2 Å². The Bertz CT molecular complexity index is 923. The molecule has 136 valence electrons. The number of piperidine rings is 1. The molecule has 1 aliphatic rings. The van der Waals surface area contributed by atoms with Crippen molar-refractivity contribution in [3.05, 3.63) is 40.3 Å². The van der Waals surface area contributed by atoms with Crippen LogP contribution in [0.15, 0.2) is 28.4 Å². The molecular formula is C16H23N5O3S. The summed E-state index contributed by atoms with van der Waals surface area (Å²) < 4.78 is 29.8. The fraction of sp³-hybridized carbons (Fsp3) is 0.562. The van der Waals surface area contributed by atoms with E-state index in [1.807, 2.05) is 6.92 Å². The number of hydrogen-bond donors (Lipinski definition) is 0. The van der Waals surface area contributed by atoms with Gasteiger partial charge in [0.1, 0.15) is 4.90 Å². The zero-order valence-electron chi connectivity index (χ0n) is 14.7. The van der Waals surface area contributed by atoms with Crippen molar-refractivity contribution >= 4 is 10.0 Å². The van der Waals surface area contributed by atoms with Gasteiger partial charge in [0.25, 0.3) is 5.56 Å². The molecular weight excluding hydrogens is 342 g/mol. The maximum Gasteiger partial charge on any atom is 0.256 e. The molecule has 0 unspecified atom stereocenters. The van der Waals surface area contributed by atoms with E-state index in [0.717, 1.165) is 18.5 Å². The van der Waals surface area contributed by atoms with Crippen LogP contribution in [-0.4, -0.2) is 45.1 Å². The van der Waals surface area contributed by atoms with Gasteiger partial charge in [-0.3, -0.25) is 14.0 Å². The Morgan fingerprint density at radius 2 is 1.92 bits per heavy atom. The van der Waals surface area contributed by atoms with Gasteiger partial charge < -0.3 is 0 Å². The van der Waals surface area contributed by atoms with Crippen molar-refractivity contribution in [2.24, 2.45) is 13.0 Å². The first-order chi connectivity index (χ1) is 11.8. The van der Waals surface area contributed by atoms with Crippen LogP contribution in [0, 0.1) is 19.8 Å². The van der Waals surface area contributed by atoms with Gasteiger partial charge in [0.2, 0.25) is 10.0 Å².